The number of benzene rings is 2. The van der Waals surface area contributed by atoms with Crippen LogP contribution in [0.25, 0.3) is 10.9 Å². The number of amides is 2. The van der Waals surface area contributed by atoms with Crippen LogP contribution in [0.5, 0.6) is 0 Å². The molecule has 0 saturated carbocycles. The third-order valence-corrected chi connectivity index (χ3v) is 4.30. The molecule has 0 saturated heterocycles. The quantitative estimate of drug-likeness (QED) is 0.613. The number of rotatable bonds is 7. The van der Waals surface area contributed by atoms with E-state index in [1.807, 2.05) is 49.5 Å². The summed E-state index contributed by atoms with van der Waals surface area (Å²) in [4.78, 5) is 27.4. The van der Waals surface area contributed by atoms with Crippen LogP contribution in [0.15, 0.2) is 60.8 Å². The second-order valence-electron chi connectivity index (χ2n) is 6.40. The highest BCUT2D eigenvalue weighted by Gasteiger charge is 2.13. The molecule has 3 rings (SSSR count). The van der Waals surface area contributed by atoms with E-state index in [-0.39, 0.29) is 24.3 Å². The van der Waals surface area contributed by atoms with Gasteiger partial charge in [0.2, 0.25) is 5.91 Å². The van der Waals surface area contributed by atoms with Gasteiger partial charge in [0.05, 0.1) is 0 Å². The van der Waals surface area contributed by atoms with Crippen molar-refractivity contribution in [2.75, 3.05) is 6.54 Å². The summed E-state index contributed by atoms with van der Waals surface area (Å²) in [5.74, 6) is -0.226. The van der Waals surface area contributed by atoms with Crippen LogP contribution in [-0.2, 0) is 11.2 Å². The Morgan fingerprint density at radius 2 is 1.77 bits per heavy atom. The van der Waals surface area contributed by atoms with Crippen molar-refractivity contribution in [2.24, 2.45) is 0 Å². The van der Waals surface area contributed by atoms with E-state index in [2.05, 4.69) is 21.7 Å². The minimum atomic E-state index is -0.226. The lowest BCUT2D eigenvalue weighted by atomic mass is 10.1. The number of hydrogen-bond acceptors (Lipinski definition) is 2. The summed E-state index contributed by atoms with van der Waals surface area (Å²) in [6.07, 6.45) is 3.01. The van der Waals surface area contributed by atoms with Crippen LogP contribution in [0.1, 0.15) is 29.3 Å². The molecule has 2 amide bonds. The number of hydrogen-bond donors (Lipinski definition) is 3. The fourth-order valence-corrected chi connectivity index (χ4v) is 2.97. The van der Waals surface area contributed by atoms with Gasteiger partial charge in [-0.05, 0) is 37.1 Å². The van der Waals surface area contributed by atoms with Crippen molar-refractivity contribution in [3.63, 3.8) is 0 Å². The zero-order chi connectivity index (χ0) is 18.4. The molecule has 0 aliphatic heterocycles. The van der Waals surface area contributed by atoms with E-state index >= 15 is 0 Å². The van der Waals surface area contributed by atoms with Gasteiger partial charge in [-0.2, -0.15) is 0 Å². The Morgan fingerprint density at radius 3 is 2.58 bits per heavy atom. The van der Waals surface area contributed by atoms with Gasteiger partial charge in [0.15, 0.2) is 0 Å². The lowest BCUT2D eigenvalue weighted by molar-refractivity contribution is -0.121. The molecule has 0 aliphatic carbocycles. The Kier molecular flexibility index (Phi) is 5.69. The first-order valence-corrected chi connectivity index (χ1v) is 8.81. The van der Waals surface area contributed by atoms with Gasteiger partial charge < -0.3 is 15.6 Å². The molecule has 0 spiro atoms. The smallest absolute Gasteiger partial charge is 0.251 e. The van der Waals surface area contributed by atoms with Gasteiger partial charge in [0, 0.05) is 41.7 Å². The predicted octanol–water partition coefficient (Wildman–Crippen LogP) is 3.04. The number of aromatic nitrogens is 1. The summed E-state index contributed by atoms with van der Waals surface area (Å²) >= 11 is 0. The molecule has 0 radical (unpaired) electrons. The van der Waals surface area contributed by atoms with Gasteiger partial charge >= 0.3 is 0 Å². The maximum Gasteiger partial charge on any atom is 0.251 e. The predicted molar refractivity (Wildman–Crippen MR) is 103 cm³/mol. The molecule has 3 N–H and O–H groups in total. The molecule has 5 nitrogen and oxygen atoms in total. The van der Waals surface area contributed by atoms with E-state index in [0.717, 1.165) is 11.9 Å². The van der Waals surface area contributed by atoms with E-state index in [9.17, 15) is 9.59 Å². The summed E-state index contributed by atoms with van der Waals surface area (Å²) in [5, 5.41) is 6.96. The molecule has 0 fully saturated rings. The third kappa shape index (κ3) is 4.51. The molecule has 3 aromatic rings. The molecule has 5 heteroatoms. The average Bonchev–Trinajstić information content (AvgIpc) is 3.05. The zero-order valence-corrected chi connectivity index (χ0v) is 14.8. The number of H-pyrrole nitrogens is 1. The van der Waals surface area contributed by atoms with Gasteiger partial charge in [-0.3, -0.25) is 9.59 Å². The monoisotopic (exact) mass is 349 g/mol. The Bertz CT molecular complexity index is 886. The van der Waals surface area contributed by atoms with Crippen molar-refractivity contribution in [3.8, 4) is 0 Å². The standard InChI is InChI=1S/C21H23N3O2/c1-15(24-21(26)16-7-3-2-4-8-16)13-20(25)22-12-11-17-14-23-19-10-6-5-9-18(17)19/h2-10,14-15,23H,11-13H2,1H3,(H,22,25)(H,24,26). The number of carbonyl (C=O) groups is 2. The molecular formula is C21H23N3O2. The first-order chi connectivity index (χ1) is 12.6. The minimum absolute atomic E-state index is 0.0642. The molecular weight excluding hydrogens is 326 g/mol. The van der Waals surface area contributed by atoms with Gasteiger partial charge in [-0.15, -0.1) is 0 Å². The highest BCUT2D eigenvalue weighted by Crippen LogP contribution is 2.17. The molecule has 0 aliphatic rings. The van der Waals surface area contributed by atoms with Crippen LogP contribution in [-0.4, -0.2) is 29.4 Å². The Labute approximate surface area is 152 Å². The number of carbonyl (C=O) groups excluding carboxylic acids is 2. The van der Waals surface area contributed by atoms with Crippen molar-refractivity contribution in [3.05, 3.63) is 71.9 Å². The van der Waals surface area contributed by atoms with Gasteiger partial charge in [-0.25, -0.2) is 0 Å². The van der Waals surface area contributed by atoms with Crippen LogP contribution in [0.4, 0.5) is 0 Å². The summed E-state index contributed by atoms with van der Waals surface area (Å²) in [5.41, 5.74) is 2.89. The summed E-state index contributed by atoms with van der Waals surface area (Å²) in [6.45, 7) is 2.40. The van der Waals surface area contributed by atoms with Crippen LogP contribution >= 0.6 is 0 Å². The van der Waals surface area contributed by atoms with Crippen molar-refractivity contribution >= 4 is 22.7 Å². The Hall–Kier alpha value is -3.08. The summed E-state index contributed by atoms with van der Waals surface area (Å²) in [6, 6.07) is 16.9. The maximum absolute atomic E-state index is 12.1. The third-order valence-electron chi connectivity index (χ3n) is 4.30. The van der Waals surface area contributed by atoms with E-state index in [1.54, 1.807) is 12.1 Å². The number of nitrogens with one attached hydrogen (secondary N) is 3. The van der Waals surface area contributed by atoms with Crippen molar-refractivity contribution in [1.82, 2.24) is 15.6 Å². The van der Waals surface area contributed by atoms with E-state index in [1.165, 1.54) is 10.9 Å². The van der Waals surface area contributed by atoms with E-state index in [4.69, 9.17) is 0 Å². The van der Waals surface area contributed by atoms with Crippen LogP contribution < -0.4 is 10.6 Å². The maximum atomic E-state index is 12.1. The zero-order valence-electron chi connectivity index (χ0n) is 14.8. The Morgan fingerprint density at radius 1 is 1.04 bits per heavy atom. The van der Waals surface area contributed by atoms with E-state index < -0.39 is 0 Å². The molecule has 26 heavy (non-hydrogen) atoms. The van der Waals surface area contributed by atoms with Gasteiger partial charge in [-0.1, -0.05) is 36.4 Å². The largest absolute Gasteiger partial charge is 0.361 e. The lowest BCUT2D eigenvalue weighted by Crippen LogP contribution is -2.37. The molecule has 1 heterocycles. The topological polar surface area (TPSA) is 74.0 Å². The Balaban J connectivity index is 1.43. The highest BCUT2D eigenvalue weighted by atomic mass is 16.2. The fourth-order valence-electron chi connectivity index (χ4n) is 2.97. The van der Waals surface area contributed by atoms with Crippen molar-refractivity contribution < 1.29 is 9.59 Å². The number of fused-ring (bicyclic) bond motifs is 1. The molecule has 2 aromatic carbocycles. The number of aromatic amines is 1. The molecule has 0 bridgehead atoms. The van der Waals surface area contributed by atoms with E-state index in [0.29, 0.717) is 12.1 Å². The normalized spacial score (nSPS) is 11.9. The first-order valence-electron chi connectivity index (χ1n) is 8.81. The molecule has 1 aromatic heterocycles. The fraction of sp³-hybridized carbons (Fsp3) is 0.238. The van der Waals surface area contributed by atoms with Gasteiger partial charge in [0.1, 0.15) is 0 Å². The van der Waals surface area contributed by atoms with Gasteiger partial charge in [0.25, 0.3) is 5.91 Å². The van der Waals surface area contributed by atoms with Crippen LogP contribution in [0.3, 0.4) is 0 Å². The van der Waals surface area contributed by atoms with Crippen LogP contribution in [0, 0.1) is 0 Å². The molecule has 134 valence electrons. The average molecular weight is 349 g/mol. The lowest BCUT2D eigenvalue weighted by Gasteiger charge is -2.14. The minimum Gasteiger partial charge on any atom is -0.361 e. The second-order valence-corrected chi connectivity index (χ2v) is 6.40. The van der Waals surface area contributed by atoms with Crippen molar-refractivity contribution in [1.29, 1.82) is 0 Å². The highest BCUT2D eigenvalue weighted by molar-refractivity contribution is 5.94. The second kappa shape index (κ2) is 8.34. The SMILES string of the molecule is CC(CC(=O)NCCc1c[nH]c2ccccc12)NC(=O)c1ccccc1. The van der Waals surface area contributed by atoms with Crippen molar-refractivity contribution in [2.45, 2.75) is 25.8 Å². The number of para-hydroxylation sites is 1. The van der Waals surface area contributed by atoms with Crippen LogP contribution in [0.2, 0.25) is 0 Å². The first kappa shape index (κ1) is 17.7. The summed E-state index contributed by atoms with van der Waals surface area (Å²) in [7, 11) is 0. The molecule has 1 atom stereocenters. The summed E-state index contributed by atoms with van der Waals surface area (Å²) < 4.78 is 0. The molecule has 1 unspecified atom stereocenters.